The summed E-state index contributed by atoms with van der Waals surface area (Å²) in [6.45, 7) is 0.444. The highest BCUT2D eigenvalue weighted by molar-refractivity contribution is 7.89. The first-order valence-electron chi connectivity index (χ1n) is 8.22. The first kappa shape index (κ1) is 20.4. The second-order valence-electron chi connectivity index (χ2n) is 5.81. The molecule has 2 aromatic carbocycles. The van der Waals surface area contributed by atoms with Gasteiger partial charge in [0.1, 0.15) is 0 Å². The van der Waals surface area contributed by atoms with Gasteiger partial charge in [0.15, 0.2) is 0 Å². The Morgan fingerprint density at radius 2 is 1.56 bits per heavy atom. The lowest BCUT2D eigenvalue weighted by Crippen LogP contribution is -2.25. The summed E-state index contributed by atoms with van der Waals surface area (Å²) < 4.78 is 26.8. The fraction of sp³-hybridized carbons (Fsp3) is 0.294. The summed E-state index contributed by atoms with van der Waals surface area (Å²) in [5.41, 5.74) is 10.5. The summed E-state index contributed by atoms with van der Waals surface area (Å²) in [7, 11) is 0.313. The number of hydrogen-bond acceptors (Lipinski definition) is 6. The van der Waals surface area contributed by atoms with Crippen molar-refractivity contribution < 1.29 is 8.42 Å². The predicted octanol–water partition coefficient (Wildman–Crippen LogP) is 4.15. The van der Waals surface area contributed by atoms with Crippen LogP contribution in [-0.4, -0.2) is 35.6 Å². The number of anilines is 1. The maximum Gasteiger partial charge on any atom is 0.240 e. The molecule has 27 heavy (non-hydrogen) atoms. The lowest BCUT2D eigenvalue weighted by Gasteiger charge is -2.11. The van der Waals surface area contributed by atoms with E-state index in [2.05, 4.69) is 25.0 Å². The first-order valence-corrected chi connectivity index (χ1v) is 9.70. The minimum atomic E-state index is -3.61. The Kier molecular flexibility index (Phi) is 7.30. The van der Waals surface area contributed by atoms with Crippen molar-refractivity contribution in [2.45, 2.75) is 11.3 Å². The molecule has 0 saturated carbocycles. The van der Waals surface area contributed by atoms with Gasteiger partial charge in [-0.15, -0.1) is 0 Å². The summed E-state index contributed by atoms with van der Waals surface area (Å²) in [5, 5.41) is 11.6. The highest BCUT2D eigenvalue weighted by atomic mass is 32.2. The Balaban J connectivity index is 1.98. The van der Waals surface area contributed by atoms with Crippen LogP contribution in [0.25, 0.3) is 10.4 Å². The van der Waals surface area contributed by atoms with Crippen LogP contribution in [0.15, 0.2) is 68.8 Å². The lowest BCUT2D eigenvalue weighted by atomic mass is 10.3. The van der Waals surface area contributed by atoms with Gasteiger partial charge in [0, 0.05) is 37.8 Å². The van der Waals surface area contributed by atoms with Gasteiger partial charge in [0.05, 0.1) is 16.3 Å². The van der Waals surface area contributed by atoms with Gasteiger partial charge in [0.25, 0.3) is 0 Å². The van der Waals surface area contributed by atoms with Gasteiger partial charge in [-0.3, -0.25) is 0 Å². The summed E-state index contributed by atoms with van der Waals surface area (Å²) >= 11 is 0. The van der Waals surface area contributed by atoms with Crippen molar-refractivity contribution in [2.75, 3.05) is 32.1 Å². The lowest BCUT2D eigenvalue weighted by molar-refractivity contribution is 0.579. The molecular formula is C17H21N7O2S. The number of sulfonamides is 1. The van der Waals surface area contributed by atoms with Crippen LogP contribution in [-0.2, 0) is 10.0 Å². The third kappa shape index (κ3) is 6.37. The van der Waals surface area contributed by atoms with Gasteiger partial charge in [-0.2, -0.15) is 10.2 Å². The molecule has 0 aromatic heterocycles. The van der Waals surface area contributed by atoms with Crippen molar-refractivity contribution >= 4 is 27.1 Å². The third-order valence-electron chi connectivity index (χ3n) is 3.58. The smallest absolute Gasteiger partial charge is 0.240 e. The summed E-state index contributed by atoms with van der Waals surface area (Å²) in [6, 6.07) is 13.7. The highest BCUT2D eigenvalue weighted by Crippen LogP contribution is 2.22. The van der Waals surface area contributed by atoms with Crippen molar-refractivity contribution in [3.63, 3.8) is 0 Å². The van der Waals surface area contributed by atoms with E-state index in [9.17, 15) is 8.42 Å². The normalized spacial score (nSPS) is 11.3. The monoisotopic (exact) mass is 387 g/mol. The Bertz CT molecular complexity index is 917. The standard InChI is InChI=1S/C17H21N7O2S/c1-24(2)16-8-4-14(5-9-16)21-22-15-6-10-17(11-7-15)27(25,26)20-13-3-12-19-23-18/h4-11,20H,3,12-13H2,1-2H3. The van der Waals surface area contributed by atoms with E-state index in [-0.39, 0.29) is 18.0 Å². The SMILES string of the molecule is CN(C)c1ccc(N=Nc2ccc(S(=O)(=O)NCCCN=[N+]=[N-])cc2)cc1. The molecule has 0 radical (unpaired) electrons. The van der Waals surface area contributed by atoms with Gasteiger partial charge in [-0.25, -0.2) is 13.1 Å². The largest absolute Gasteiger partial charge is 0.378 e. The maximum absolute atomic E-state index is 12.2. The van der Waals surface area contributed by atoms with E-state index in [1.165, 1.54) is 12.1 Å². The van der Waals surface area contributed by atoms with Gasteiger partial charge in [-0.1, -0.05) is 5.11 Å². The van der Waals surface area contributed by atoms with Crippen molar-refractivity contribution in [1.82, 2.24) is 4.72 Å². The molecule has 142 valence electrons. The van der Waals surface area contributed by atoms with Gasteiger partial charge < -0.3 is 4.90 Å². The second-order valence-corrected chi connectivity index (χ2v) is 7.58. The molecule has 0 aliphatic carbocycles. The van der Waals surface area contributed by atoms with Crippen LogP contribution >= 0.6 is 0 Å². The molecule has 0 heterocycles. The molecule has 1 N–H and O–H groups in total. The fourth-order valence-corrected chi connectivity index (χ4v) is 3.18. The number of rotatable bonds is 9. The zero-order chi connectivity index (χ0) is 19.7. The zero-order valence-corrected chi connectivity index (χ0v) is 16.0. The highest BCUT2D eigenvalue weighted by Gasteiger charge is 2.12. The summed E-state index contributed by atoms with van der Waals surface area (Å²) in [6.07, 6.45) is 0.433. The van der Waals surface area contributed by atoms with Crippen LogP contribution in [0.4, 0.5) is 17.1 Å². The average molecular weight is 387 g/mol. The fourth-order valence-electron chi connectivity index (χ4n) is 2.11. The number of azide groups is 1. The summed E-state index contributed by atoms with van der Waals surface area (Å²) in [4.78, 5) is 4.75. The Labute approximate surface area is 158 Å². The Morgan fingerprint density at radius 1 is 1.00 bits per heavy atom. The molecule has 0 atom stereocenters. The molecule has 0 spiro atoms. The van der Waals surface area contributed by atoms with E-state index >= 15 is 0 Å². The molecule has 0 aliphatic rings. The maximum atomic E-state index is 12.2. The molecule has 9 nitrogen and oxygen atoms in total. The first-order chi connectivity index (χ1) is 12.9. The molecule has 0 amide bonds. The van der Waals surface area contributed by atoms with Gasteiger partial charge >= 0.3 is 0 Å². The van der Waals surface area contributed by atoms with Crippen LogP contribution in [0.1, 0.15) is 6.42 Å². The molecule has 0 aliphatic heterocycles. The van der Waals surface area contributed by atoms with Gasteiger partial charge in [-0.05, 0) is 60.5 Å². The zero-order valence-electron chi connectivity index (χ0n) is 15.1. The molecule has 0 saturated heterocycles. The Hall–Kier alpha value is -2.94. The van der Waals surface area contributed by atoms with E-state index < -0.39 is 10.0 Å². The number of benzene rings is 2. The van der Waals surface area contributed by atoms with Crippen molar-refractivity contribution in [3.05, 3.63) is 59.0 Å². The molecule has 0 unspecified atom stereocenters. The summed E-state index contributed by atoms with van der Waals surface area (Å²) in [5.74, 6) is 0. The predicted molar refractivity (Wildman–Crippen MR) is 105 cm³/mol. The van der Waals surface area contributed by atoms with Crippen molar-refractivity contribution in [2.24, 2.45) is 15.3 Å². The van der Waals surface area contributed by atoms with Crippen molar-refractivity contribution in [3.8, 4) is 0 Å². The minimum Gasteiger partial charge on any atom is -0.378 e. The Morgan fingerprint density at radius 3 is 2.07 bits per heavy atom. The van der Waals surface area contributed by atoms with Crippen LogP contribution in [0.5, 0.6) is 0 Å². The third-order valence-corrected chi connectivity index (χ3v) is 5.06. The number of nitrogens with zero attached hydrogens (tertiary/aromatic N) is 6. The molecule has 2 aromatic rings. The molecule has 10 heteroatoms. The van der Waals surface area contributed by atoms with Crippen LogP contribution in [0.2, 0.25) is 0 Å². The van der Waals surface area contributed by atoms with Gasteiger partial charge in [0.2, 0.25) is 10.0 Å². The molecular weight excluding hydrogens is 366 g/mol. The quantitative estimate of drug-likeness (QED) is 0.301. The minimum absolute atomic E-state index is 0.139. The molecule has 2 rings (SSSR count). The molecule has 0 bridgehead atoms. The topological polar surface area (TPSA) is 123 Å². The van der Waals surface area contributed by atoms with Crippen LogP contribution in [0, 0.1) is 0 Å². The van der Waals surface area contributed by atoms with E-state index in [1.54, 1.807) is 12.1 Å². The number of hydrogen-bond donors (Lipinski definition) is 1. The van der Waals surface area contributed by atoms with E-state index in [1.807, 2.05) is 43.3 Å². The van der Waals surface area contributed by atoms with E-state index in [0.717, 1.165) is 5.69 Å². The van der Waals surface area contributed by atoms with E-state index in [4.69, 9.17) is 5.53 Å². The molecule has 0 fully saturated rings. The number of nitrogens with one attached hydrogen (secondary N) is 1. The van der Waals surface area contributed by atoms with E-state index in [0.29, 0.717) is 17.8 Å². The average Bonchev–Trinajstić information content (AvgIpc) is 2.67. The second kappa shape index (κ2) is 9.67. The van der Waals surface area contributed by atoms with Crippen LogP contribution < -0.4 is 9.62 Å². The van der Waals surface area contributed by atoms with Crippen LogP contribution in [0.3, 0.4) is 0 Å². The number of azo groups is 1. The van der Waals surface area contributed by atoms with Crippen molar-refractivity contribution in [1.29, 1.82) is 0 Å².